The highest BCUT2D eigenvalue weighted by Crippen LogP contribution is 2.37. The average Bonchev–Trinajstić information content (AvgIpc) is 2.82. The predicted molar refractivity (Wildman–Crippen MR) is 131 cm³/mol. The van der Waals surface area contributed by atoms with Crippen molar-refractivity contribution in [3.8, 4) is 11.5 Å². The fraction of sp³-hybridized carbons (Fsp3) is 0.240. The summed E-state index contributed by atoms with van der Waals surface area (Å²) in [5.74, 6) is 0.548. The maximum absolute atomic E-state index is 13.5. The first-order valence-corrected chi connectivity index (χ1v) is 12.6. The van der Waals surface area contributed by atoms with Gasteiger partial charge in [0.1, 0.15) is 18.1 Å². The van der Waals surface area contributed by atoms with Gasteiger partial charge in [0.25, 0.3) is 15.9 Å². The van der Waals surface area contributed by atoms with E-state index in [1.165, 1.54) is 4.31 Å². The first-order valence-electron chi connectivity index (χ1n) is 10.8. The van der Waals surface area contributed by atoms with Gasteiger partial charge in [-0.1, -0.05) is 35.4 Å². The van der Waals surface area contributed by atoms with Crippen molar-refractivity contribution in [2.45, 2.75) is 24.8 Å². The molecule has 1 unspecified atom stereocenters. The van der Waals surface area contributed by atoms with Gasteiger partial charge >= 0.3 is 0 Å². The van der Waals surface area contributed by atoms with Crippen LogP contribution in [0.1, 0.15) is 11.1 Å². The van der Waals surface area contributed by atoms with E-state index in [9.17, 15) is 13.2 Å². The van der Waals surface area contributed by atoms with Gasteiger partial charge in [0, 0.05) is 5.02 Å². The maximum Gasteiger partial charge on any atom is 0.264 e. The minimum Gasteiger partial charge on any atom is -0.492 e. The molecule has 0 spiro atoms. The summed E-state index contributed by atoms with van der Waals surface area (Å²) in [4.78, 5) is 13.0. The quantitative estimate of drug-likeness (QED) is 0.493. The number of hydrogen-bond donors (Lipinski definition) is 1. The molecule has 0 saturated carbocycles. The van der Waals surface area contributed by atoms with E-state index in [-0.39, 0.29) is 24.6 Å². The predicted octanol–water partition coefficient (Wildman–Crippen LogP) is 4.11. The van der Waals surface area contributed by atoms with Crippen LogP contribution in [-0.2, 0) is 14.8 Å². The molecule has 7 nitrogen and oxygen atoms in total. The van der Waals surface area contributed by atoms with E-state index in [1.807, 2.05) is 19.9 Å². The smallest absolute Gasteiger partial charge is 0.264 e. The number of sulfonamides is 1. The Labute approximate surface area is 204 Å². The second-order valence-corrected chi connectivity index (χ2v) is 10.3. The fourth-order valence-corrected chi connectivity index (χ4v) is 5.14. The molecule has 1 heterocycles. The highest BCUT2D eigenvalue weighted by molar-refractivity contribution is 7.92. The number of carbonyl (C=O) groups is 1. The number of fused-ring (bicyclic) bond motifs is 1. The second-order valence-electron chi connectivity index (χ2n) is 8.02. The van der Waals surface area contributed by atoms with E-state index in [0.717, 1.165) is 11.1 Å². The third-order valence-corrected chi connectivity index (χ3v) is 7.41. The fourth-order valence-electron chi connectivity index (χ4n) is 3.55. The van der Waals surface area contributed by atoms with Crippen molar-refractivity contribution in [2.75, 3.05) is 24.0 Å². The molecular weight excluding hydrogens is 476 g/mol. The maximum atomic E-state index is 13.5. The Bertz CT molecular complexity index is 1280. The number of hydrogen-bond acceptors (Lipinski definition) is 5. The van der Waals surface area contributed by atoms with Crippen molar-refractivity contribution in [1.82, 2.24) is 5.32 Å². The lowest BCUT2D eigenvalue weighted by atomic mass is 10.1. The minimum atomic E-state index is -3.90. The number of carbonyl (C=O) groups excluding carboxylic acids is 1. The van der Waals surface area contributed by atoms with Crippen LogP contribution >= 0.6 is 11.6 Å². The number of aryl methyl sites for hydroxylation is 2. The molecule has 34 heavy (non-hydrogen) atoms. The van der Waals surface area contributed by atoms with Crippen LogP contribution < -0.4 is 19.1 Å². The van der Waals surface area contributed by atoms with E-state index in [0.29, 0.717) is 22.2 Å². The van der Waals surface area contributed by atoms with Crippen molar-refractivity contribution in [3.63, 3.8) is 0 Å². The van der Waals surface area contributed by atoms with Gasteiger partial charge in [-0.3, -0.25) is 9.10 Å². The van der Waals surface area contributed by atoms with Gasteiger partial charge in [-0.15, -0.1) is 0 Å². The van der Waals surface area contributed by atoms with E-state index < -0.39 is 22.0 Å². The number of nitrogens with zero attached hydrogens (tertiary/aromatic N) is 1. The van der Waals surface area contributed by atoms with Gasteiger partial charge < -0.3 is 14.8 Å². The zero-order valence-corrected chi connectivity index (χ0v) is 20.4. The number of nitrogens with one attached hydrogen (secondary N) is 1. The Morgan fingerprint density at radius 3 is 2.44 bits per heavy atom. The lowest BCUT2D eigenvalue weighted by Gasteiger charge is -2.35. The molecule has 3 aromatic carbocycles. The largest absolute Gasteiger partial charge is 0.492 e. The number of benzene rings is 3. The lowest BCUT2D eigenvalue weighted by Crippen LogP contribution is -2.51. The minimum absolute atomic E-state index is 0.142. The van der Waals surface area contributed by atoms with E-state index >= 15 is 0 Å². The molecule has 0 aromatic heterocycles. The van der Waals surface area contributed by atoms with Crippen LogP contribution in [0.4, 0.5) is 5.69 Å². The Hall–Kier alpha value is -3.23. The SMILES string of the molecule is Cc1ccc(S(=O)(=O)N2CC(C(=O)NCCOc3ccc(Cl)cc3)Oc3ccc(C)cc32)cc1. The molecule has 9 heteroatoms. The first-order chi connectivity index (χ1) is 16.2. The van der Waals surface area contributed by atoms with Crippen LogP contribution in [-0.4, -0.2) is 40.1 Å². The molecule has 0 saturated heterocycles. The van der Waals surface area contributed by atoms with Gasteiger partial charge in [0.15, 0.2) is 6.10 Å². The van der Waals surface area contributed by atoms with Crippen molar-refractivity contribution < 1.29 is 22.7 Å². The number of anilines is 1. The van der Waals surface area contributed by atoms with Crippen LogP contribution in [0.3, 0.4) is 0 Å². The topological polar surface area (TPSA) is 84.9 Å². The van der Waals surface area contributed by atoms with Gasteiger partial charge in [-0.2, -0.15) is 0 Å². The summed E-state index contributed by atoms with van der Waals surface area (Å²) in [5, 5.41) is 3.37. The highest BCUT2D eigenvalue weighted by Gasteiger charge is 2.37. The molecule has 4 rings (SSSR count). The van der Waals surface area contributed by atoms with E-state index in [2.05, 4.69) is 5.32 Å². The summed E-state index contributed by atoms with van der Waals surface area (Å²) >= 11 is 5.86. The molecule has 3 aromatic rings. The molecular formula is C25H25ClN2O5S. The second kappa shape index (κ2) is 9.95. The number of halogens is 1. The summed E-state index contributed by atoms with van der Waals surface area (Å²) in [6.45, 7) is 4.09. The summed E-state index contributed by atoms with van der Waals surface area (Å²) in [6, 6.07) is 18.8. The van der Waals surface area contributed by atoms with Crippen LogP contribution in [0.5, 0.6) is 11.5 Å². The normalized spacial score (nSPS) is 15.3. The summed E-state index contributed by atoms with van der Waals surface area (Å²) in [7, 11) is -3.90. The molecule has 0 radical (unpaired) electrons. The monoisotopic (exact) mass is 500 g/mol. The van der Waals surface area contributed by atoms with Gasteiger partial charge in [-0.05, 0) is 67.9 Å². The Morgan fingerprint density at radius 2 is 1.74 bits per heavy atom. The number of ether oxygens (including phenoxy) is 2. The highest BCUT2D eigenvalue weighted by atomic mass is 35.5. The molecule has 0 aliphatic carbocycles. The molecule has 1 N–H and O–H groups in total. The van der Waals surface area contributed by atoms with Gasteiger partial charge in [0.2, 0.25) is 0 Å². The zero-order valence-electron chi connectivity index (χ0n) is 18.8. The molecule has 1 atom stereocenters. The van der Waals surface area contributed by atoms with Crippen molar-refractivity contribution in [1.29, 1.82) is 0 Å². The summed E-state index contributed by atoms with van der Waals surface area (Å²) in [6.07, 6.45) is -1.01. The van der Waals surface area contributed by atoms with Crippen LogP contribution in [0.2, 0.25) is 5.02 Å². The van der Waals surface area contributed by atoms with Crippen molar-refractivity contribution in [2.24, 2.45) is 0 Å². The Kier molecular flexibility index (Phi) is 7.00. The lowest BCUT2D eigenvalue weighted by molar-refractivity contribution is -0.127. The molecule has 1 amide bonds. The molecule has 178 valence electrons. The van der Waals surface area contributed by atoms with Crippen LogP contribution in [0.25, 0.3) is 0 Å². The van der Waals surface area contributed by atoms with Crippen LogP contribution in [0.15, 0.2) is 71.6 Å². The van der Waals surface area contributed by atoms with E-state index in [1.54, 1.807) is 60.7 Å². The third-order valence-electron chi connectivity index (χ3n) is 5.37. The molecule has 1 aliphatic heterocycles. The van der Waals surface area contributed by atoms with Crippen LogP contribution in [0, 0.1) is 13.8 Å². The van der Waals surface area contributed by atoms with Gasteiger partial charge in [-0.25, -0.2) is 8.42 Å². The molecule has 1 aliphatic rings. The standard InChI is InChI=1S/C25H25ClN2O5S/c1-17-3-10-21(11-4-17)34(30,31)28-16-24(33-23-12-5-18(2)15-22(23)28)25(29)27-13-14-32-20-8-6-19(26)7-9-20/h3-12,15,24H,13-14,16H2,1-2H3,(H,27,29). The zero-order chi connectivity index (χ0) is 24.3. The molecule has 0 fully saturated rings. The van der Waals surface area contributed by atoms with Gasteiger partial charge in [0.05, 0.1) is 23.7 Å². The third kappa shape index (κ3) is 5.29. The summed E-state index contributed by atoms with van der Waals surface area (Å²) < 4.78 is 39.7. The summed E-state index contributed by atoms with van der Waals surface area (Å²) in [5.41, 5.74) is 2.25. The molecule has 0 bridgehead atoms. The number of amides is 1. The Balaban J connectivity index is 1.49. The van der Waals surface area contributed by atoms with E-state index in [4.69, 9.17) is 21.1 Å². The Morgan fingerprint density at radius 1 is 1.06 bits per heavy atom. The number of rotatable bonds is 7. The first kappa shape index (κ1) is 23.9. The van der Waals surface area contributed by atoms with Crippen molar-refractivity contribution >= 4 is 33.2 Å². The average molecular weight is 501 g/mol. The van der Waals surface area contributed by atoms with Crippen molar-refractivity contribution in [3.05, 3.63) is 82.9 Å².